The predicted molar refractivity (Wildman–Crippen MR) is 75.4 cm³/mol. The molecule has 0 radical (unpaired) electrons. The number of aromatic nitrogens is 2. The summed E-state index contributed by atoms with van der Waals surface area (Å²) in [6.07, 6.45) is 0.0977. The van der Waals surface area contributed by atoms with Crippen LogP contribution >= 0.6 is 15.9 Å². The van der Waals surface area contributed by atoms with E-state index in [4.69, 9.17) is 4.74 Å². The quantitative estimate of drug-likeness (QED) is 0.910. The minimum absolute atomic E-state index is 0.0241. The molecule has 0 saturated carbocycles. The van der Waals surface area contributed by atoms with Gasteiger partial charge in [0.05, 0.1) is 6.10 Å². The molecule has 5 nitrogen and oxygen atoms in total. The number of benzene rings is 1. The number of hydrogen-bond donors (Lipinski definition) is 2. The molecule has 1 heterocycles. The molecule has 1 aromatic heterocycles. The Balaban J connectivity index is 2.35. The van der Waals surface area contributed by atoms with Crippen molar-refractivity contribution in [2.24, 2.45) is 0 Å². The lowest BCUT2D eigenvalue weighted by Crippen LogP contribution is -2.09. The number of rotatable bonds is 3. The summed E-state index contributed by atoms with van der Waals surface area (Å²) in [6, 6.07) is 7.11. The van der Waals surface area contributed by atoms with Crippen LogP contribution in [0.1, 0.15) is 13.8 Å². The van der Waals surface area contributed by atoms with E-state index in [9.17, 15) is 9.90 Å². The topological polar surface area (TPSA) is 75.2 Å². The molecule has 0 bridgehead atoms. The molecule has 0 fully saturated rings. The van der Waals surface area contributed by atoms with Gasteiger partial charge in [-0.2, -0.15) is 4.98 Å². The van der Waals surface area contributed by atoms with E-state index in [1.165, 1.54) is 0 Å². The first-order chi connectivity index (χ1) is 8.97. The van der Waals surface area contributed by atoms with E-state index in [2.05, 4.69) is 25.9 Å². The monoisotopic (exact) mass is 324 g/mol. The van der Waals surface area contributed by atoms with E-state index in [0.29, 0.717) is 11.4 Å². The third-order valence-electron chi connectivity index (χ3n) is 2.34. The number of halogens is 1. The molecular formula is C13H13BrN2O3. The molecule has 0 saturated heterocycles. The maximum atomic E-state index is 11.5. The first-order valence-electron chi connectivity index (χ1n) is 5.73. The Morgan fingerprint density at radius 1 is 1.32 bits per heavy atom. The lowest BCUT2D eigenvalue weighted by atomic mass is 10.2. The van der Waals surface area contributed by atoms with Crippen LogP contribution < -0.4 is 10.3 Å². The summed E-state index contributed by atoms with van der Waals surface area (Å²) in [6.45, 7) is 3.89. The fourth-order valence-electron chi connectivity index (χ4n) is 1.55. The van der Waals surface area contributed by atoms with Crippen LogP contribution in [-0.4, -0.2) is 21.2 Å². The van der Waals surface area contributed by atoms with Gasteiger partial charge in [0.25, 0.3) is 5.56 Å². The van der Waals surface area contributed by atoms with Crippen molar-refractivity contribution in [2.45, 2.75) is 20.0 Å². The number of aromatic hydroxyl groups is 1. The van der Waals surface area contributed by atoms with Gasteiger partial charge in [-0.3, -0.25) is 4.79 Å². The Kier molecular flexibility index (Phi) is 3.90. The van der Waals surface area contributed by atoms with Crippen molar-refractivity contribution >= 4 is 15.9 Å². The van der Waals surface area contributed by atoms with Crippen LogP contribution in [0.3, 0.4) is 0 Å². The first-order valence-corrected chi connectivity index (χ1v) is 6.52. The summed E-state index contributed by atoms with van der Waals surface area (Å²) in [7, 11) is 0. The maximum absolute atomic E-state index is 11.5. The Morgan fingerprint density at radius 3 is 2.47 bits per heavy atom. The second kappa shape index (κ2) is 5.44. The van der Waals surface area contributed by atoms with Crippen LogP contribution in [-0.2, 0) is 0 Å². The summed E-state index contributed by atoms with van der Waals surface area (Å²) in [5, 5.41) is 9.51. The van der Waals surface area contributed by atoms with Crippen molar-refractivity contribution in [1.29, 1.82) is 0 Å². The van der Waals surface area contributed by atoms with E-state index < -0.39 is 5.56 Å². The summed E-state index contributed by atoms with van der Waals surface area (Å²) < 4.78 is 5.55. The average molecular weight is 325 g/mol. The maximum Gasteiger partial charge on any atom is 0.269 e. The smallest absolute Gasteiger partial charge is 0.269 e. The van der Waals surface area contributed by atoms with Gasteiger partial charge in [0.15, 0.2) is 0 Å². The summed E-state index contributed by atoms with van der Waals surface area (Å²) in [5.74, 6) is 0.713. The zero-order chi connectivity index (χ0) is 14.0. The third-order valence-corrected chi connectivity index (χ3v) is 3.06. The molecule has 2 aromatic rings. The molecule has 0 aliphatic carbocycles. The van der Waals surface area contributed by atoms with Crippen molar-refractivity contribution in [1.82, 2.24) is 9.97 Å². The number of H-pyrrole nitrogens is 1. The van der Waals surface area contributed by atoms with Crippen LogP contribution in [0, 0.1) is 0 Å². The van der Waals surface area contributed by atoms with E-state index in [-0.39, 0.29) is 16.5 Å². The second-order valence-electron chi connectivity index (χ2n) is 4.24. The van der Waals surface area contributed by atoms with E-state index in [1.54, 1.807) is 24.3 Å². The number of aromatic amines is 1. The Hall–Kier alpha value is -1.82. The molecule has 0 atom stereocenters. The van der Waals surface area contributed by atoms with Gasteiger partial charge in [-0.15, -0.1) is 0 Å². The SMILES string of the molecule is CC(C)Oc1ccc(-c2nc(O)c(Br)c(=O)[nH]2)cc1. The summed E-state index contributed by atoms with van der Waals surface area (Å²) in [4.78, 5) is 18.0. The minimum atomic E-state index is -0.426. The van der Waals surface area contributed by atoms with Crippen molar-refractivity contribution < 1.29 is 9.84 Å². The lowest BCUT2D eigenvalue weighted by molar-refractivity contribution is 0.242. The first kappa shape index (κ1) is 13.6. The largest absolute Gasteiger partial charge is 0.492 e. The van der Waals surface area contributed by atoms with Crippen LogP contribution in [0.4, 0.5) is 0 Å². The molecule has 100 valence electrons. The van der Waals surface area contributed by atoms with E-state index in [1.807, 2.05) is 13.8 Å². The van der Waals surface area contributed by atoms with E-state index >= 15 is 0 Å². The van der Waals surface area contributed by atoms with Gasteiger partial charge in [0.1, 0.15) is 16.0 Å². The highest BCUT2D eigenvalue weighted by molar-refractivity contribution is 9.10. The van der Waals surface area contributed by atoms with Crippen LogP contribution in [0.5, 0.6) is 11.6 Å². The fraction of sp³-hybridized carbons (Fsp3) is 0.231. The molecule has 1 aromatic carbocycles. The van der Waals surface area contributed by atoms with Crippen molar-refractivity contribution in [3.8, 4) is 23.0 Å². The normalized spacial score (nSPS) is 10.7. The molecule has 0 aliphatic rings. The molecule has 0 aliphatic heterocycles. The molecular weight excluding hydrogens is 312 g/mol. The average Bonchev–Trinajstić information content (AvgIpc) is 2.35. The highest BCUT2D eigenvalue weighted by atomic mass is 79.9. The van der Waals surface area contributed by atoms with Gasteiger partial charge in [0, 0.05) is 5.56 Å². The van der Waals surface area contributed by atoms with Gasteiger partial charge < -0.3 is 14.8 Å². The van der Waals surface area contributed by atoms with Crippen LogP contribution in [0.15, 0.2) is 33.5 Å². The van der Waals surface area contributed by atoms with E-state index in [0.717, 1.165) is 5.75 Å². The fourth-order valence-corrected chi connectivity index (χ4v) is 1.73. The number of ether oxygens (including phenoxy) is 1. The van der Waals surface area contributed by atoms with Gasteiger partial charge in [-0.25, -0.2) is 0 Å². The van der Waals surface area contributed by atoms with Crippen molar-refractivity contribution in [2.75, 3.05) is 0 Å². The third kappa shape index (κ3) is 3.14. The molecule has 0 spiro atoms. The van der Waals surface area contributed by atoms with Crippen LogP contribution in [0.25, 0.3) is 11.4 Å². The Labute approximate surface area is 118 Å². The molecule has 0 unspecified atom stereocenters. The summed E-state index contributed by atoms with van der Waals surface area (Å²) in [5.41, 5.74) is 0.265. The molecule has 0 amide bonds. The molecule has 2 N–H and O–H groups in total. The second-order valence-corrected chi connectivity index (χ2v) is 5.04. The molecule has 19 heavy (non-hydrogen) atoms. The highest BCUT2D eigenvalue weighted by Crippen LogP contribution is 2.23. The van der Waals surface area contributed by atoms with Gasteiger partial charge in [-0.1, -0.05) is 0 Å². The van der Waals surface area contributed by atoms with Crippen molar-refractivity contribution in [3.05, 3.63) is 39.1 Å². The summed E-state index contributed by atoms with van der Waals surface area (Å²) >= 11 is 2.95. The number of nitrogens with zero attached hydrogens (tertiary/aromatic N) is 1. The minimum Gasteiger partial charge on any atom is -0.492 e. The highest BCUT2D eigenvalue weighted by Gasteiger charge is 2.09. The standard InChI is InChI=1S/C13H13BrN2O3/c1-7(2)19-9-5-3-8(4-6-9)11-15-12(17)10(14)13(18)16-11/h3-7H,1-2H3,(H2,15,16,17,18). The predicted octanol–water partition coefficient (Wildman–Crippen LogP) is 2.69. The Bertz CT molecular complexity index is 635. The number of hydrogen-bond acceptors (Lipinski definition) is 4. The zero-order valence-electron chi connectivity index (χ0n) is 10.5. The van der Waals surface area contributed by atoms with Crippen molar-refractivity contribution in [3.63, 3.8) is 0 Å². The zero-order valence-corrected chi connectivity index (χ0v) is 12.1. The lowest BCUT2D eigenvalue weighted by Gasteiger charge is -2.10. The molecule has 6 heteroatoms. The van der Waals surface area contributed by atoms with Gasteiger partial charge in [-0.05, 0) is 54.0 Å². The molecule has 2 rings (SSSR count). The number of nitrogens with one attached hydrogen (secondary N) is 1. The van der Waals surface area contributed by atoms with Crippen LogP contribution in [0.2, 0.25) is 0 Å². The van der Waals surface area contributed by atoms with Gasteiger partial charge in [0.2, 0.25) is 5.88 Å². The van der Waals surface area contributed by atoms with Gasteiger partial charge >= 0.3 is 0 Å². The Morgan fingerprint density at radius 2 is 1.95 bits per heavy atom.